The van der Waals surface area contributed by atoms with Crippen LogP contribution in [-0.4, -0.2) is 53.3 Å². The fourth-order valence-electron chi connectivity index (χ4n) is 5.55. The van der Waals surface area contributed by atoms with Crippen molar-refractivity contribution in [3.8, 4) is 16.9 Å². The Balaban J connectivity index is 0.00000451. The smallest absolute Gasteiger partial charge is 0.414 e. The van der Waals surface area contributed by atoms with Gasteiger partial charge in [0.25, 0.3) is 0 Å². The molecule has 2 amide bonds. The minimum absolute atomic E-state index is 0. The third-order valence-corrected chi connectivity index (χ3v) is 8.06. The molecule has 0 radical (unpaired) electrons. The van der Waals surface area contributed by atoms with E-state index in [0.29, 0.717) is 30.9 Å². The van der Waals surface area contributed by atoms with E-state index in [2.05, 4.69) is 15.6 Å². The second-order valence-electron chi connectivity index (χ2n) is 11.3. The number of rotatable bonds is 12. The second kappa shape index (κ2) is 15.6. The van der Waals surface area contributed by atoms with Crippen LogP contribution in [0.3, 0.4) is 0 Å². The topological polar surface area (TPSA) is 102 Å². The first-order chi connectivity index (χ1) is 22.9. The molecule has 1 aliphatic rings. The summed E-state index contributed by atoms with van der Waals surface area (Å²) < 4.78 is 28.0. The number of benzene rings is 4. The van der Waals surface area contributed by atoms with Crippen LogP contribution in [0.4, 0.5) is 20.6 Å². The van der Waals surface area contributed by atoms with Crippen molar-refractivity contribution in [2.24, 2.45) is 0 Å². The summed E-state index contributed by atoms with van der Waals surface area (Å²) in [6, 6.07) is 29.5. The van der Waals surface area contributed by atoms with Crippen LogP contribution in [0.15, 0.2) is 103 Å². The molecule has 0 aliphatic carbocycles. The van der Waals surface area contributed by atoms with Crippen molar-refractivity contribution < 1.29 is 23.5 Å². The molecule has 2 heterocycles. The number of carbonyl (C=O) groups excluding carboxylic acids is 2. The van der Waals surface area contributed by atoms with Crippen molar-refractivity contribution in [3.63, 3.8) is 0 Å². The number of carbonyl (C=O) groups is 2. The fourth-order valence-corrected chi connectivity index (χ4v) is 5.55. The predicted octanol–water partition coefficient (Wildman–Crippen LogP) is 6.23. The number of aromatic nitrogens is 3. The van der Waals surface area contributed by atoms with E-state index in [1.165, 1.54) is 17.9 Å². The number of nitrogens with one attached hydrogen (secondary N) is 1. The molecular weight excluding hydrogens is 635 g/mol. The Kier molecular flexibility index (Phi) is 11.0. The van der Waals surface area contributed by atoms with Gasteiger partial charge in [0.2, 0.25) is 5.91 Å². The molecule has 4 aromatic carbocycles. The lowest BCUT2D eigenvalue weighted by Crippen LogP contribution is -2.38. The van der Waals surface area contributed by atoms with Crippen LogP contribution in [0.5, 0.6) is 5.75 Å². The molecule has 1 fully saturated rings. The highest BCUT2D eigenvalue weighted by Gasteiger charge is 2.34. The lowest BCUT2D eigenvalue weighted by atomic mass is 10.0. The van der Waals surface area contributed by atoms with E-state index in [4.69, 9.17) is 9.47 Å². The van der Waals surface area contributed by atoms with Gasteiger partial charge in [0.1, 0.15) is 17.7 Å². The molecule has 6 rings (SSSR count). The van der Waals surface area contributed by atoms with Gasteiger partial charge in [-0.2, -0.15) is 0 Å². The molecule has 1 saturated heterocycles. The van der Waals surface area contributed by atoms with Crippen molar-refractivity contribution in [1.82, 2.24) is 20.3 Å². The summed E-state index contributed by atoms with van der Waals surface area (Å²) in [5, 5.41) is 11.7. The third-order valence-electron chi connectivity index (χ3n) is 8.06. The molecule has 1 aliphatic heterocycles. The number of hydrogen-bond acceptors (Lipinski definition) is 7. The second-order valence-corrected chi connectivity index (χ2v) is 11.3. The molecule has 248 valence electrons. The van der Waals surface area contributed by atoms with E-state index < -0.39 is 18.0 Å². The summed E-state index contributed by atoms with van der Waals surface area (Å²) in [6.07, 6.45) is 0.621. The lowest BCUT2D eigenvalue weighted by molar-refractivity contribution is -0.116. The van der Waals surface area contributed by atoms with Gasteiger partial charge < -0.3 is 19.7 Å². The number of para-hydroxylation sites is 1. The number of anilines is 2. The number of hydrogen-bond donors (Lipinski definition) is 1. The number of methoxy groups -OCH3 is 1. The van der Waals surface area contributed by atoms with Gasteiger partial charge in [-0.1, -0.05) is 59.8 Å². The van der Waals surface area contributed by atoms with Gasteiger partial charge in [-0.05, 0) is 59.2 Å². The maximum Gasteiger partial charge on any atom is 0.414 e. The number of ether oxygens (including phenoxy) is 2. The monoisotopic (exact) mass is 670 g/mol. The Bertz CT molecular complexity index is 1840. The maximum atomic E-state index is 15.4. The minimum atomic E-state index is -0.574. The summed E-state index contributed by atoms with van der Waals surface area (Å²) in [7, 11) is 1.64. The Morgan fingerprint density at radius 3 is 2.42 bits per heavy atom. The van der Waals surface area contributed by atoms with Gasteiger partial charge in [0, 0.05) is 31.3 Å². The number of cyclic esters (lactones) is 1. The Morgan fingerprint density at radius 2 is 1.73 bits per heavy atom. The fraction of sp³-hybridized carbons (Fsp3) is 0.222. The summed E-state index contributed by atoms with van der Waals surface area (Å²) >= 11 is 0. The zero-order valence-electron chi connectivity index (χ0n) is 26.6. The number of halogens is 2. The quantitative estimate of drug-likeness (QED) is 0.168. The van der Waals surface area contributed by atoms with Crippen LogP contribution >= 0.6 is 12.4 Å². The van der Waals surface area contributed by atoms with Crippen molar-refractivity contribution in [1.29, 1.82) is 0 Å². The van der Waals surface area contributed by atoms with Crippen molar-refractivity contribution >= 4 is 35.8 Å². The standard InChI is InChI=1S/C36H35FN6O4.ClH/c1-25(44)41(29-6-4-3-5-7-29)23-33-24-42(36(45)47-33)30-14-17-34(35(37)18-30)28-12-8-26(9-13-28)19-38-20-31-21-39-40-43(31)22-27-10-15-32(46-2)16-11-27;/h3-18,21,33,38H,19-20,22-24H2,1-2H3;1H/t33-;/m0./s1. The zero-order chi connectivity index (χ0) is 32.8. The van der Waals surface area contributed by atoms with Gasteiger partial charge in [0.15, 0.2) is 0 Å². The molecule has 1 N–H and O–H groups in total. The highest BCUT2D eigenvalue weighted by atomic mass is 35.5. The third kappa shape index (κ3) is 7.99. The molecule has 10 nitrogen and oxygen atoms in total. The highest BCUT2D eigenvalue weighted by molar-refractivity contribution is 5.93. The first kappa shape index (κ1) is 34.1. The van der Waals surface area contributed by atoms with E-state index >= 15 is 4.39 Å². The first-order valence-electron chi connectivity index (χ1n) is 15.3. The SMILES string of the molecule is COc1ccc(Cn2nncc2CNCc2ccc(-c3ccc(N4C[C@H](CN(C(C)=O)c5ccccc5)OC4=O)cc3F)cc2)cc1.Cl. The normalized spacial score (nSPS) is 13.9. The van der Waals surface area contributed by atoms with Crippen molar-refractivity contribution in [2.45, 2.75) is 32.7 Å². The van der Waals surface area contributed by atoms with Crippen molar-refractivity contribution in [2.75, 3.05) is 30.0 Å². The van der Waals surface area contributed by atoms with Crippen LogP contribution in [-0.2, 0) is 29.2 Å². The van der Waals surface area contributed by atoms with Crippen molar-refractivity contribution in [3.05, 3.63) is 126 Å². The predicted molar refractivity (Wildman–Crippen MR) is 184 cm³/mol. The van der Waals surface area contributed by atoms with Gasteiger partial charge in [-0.3, -0.25) is 9.69 Å². The zero-order valence-corrected chi connectivity index (χ0v) is 27.4. The van der Waals surface area contributed by atoms with Crippen LogP contribution in [0, 0.1) is 5.82 Å². The largest absolute Gasteiger partial charge is 0.497 e. The van der Waals surface area contributed by atoms with E-state index in [1.54, 1.807) is 30.3 Å². The molecule has 0 unspecified atom stereocenters. The van der Waals surface area contributed by atoms with E-state index in [0.717, 1.165) is 33.8 Å². The van der Waals surface area contributed by atoms with Gasteiger partial charge in [0.05, 0.1) is 44.3 Å². The Hall–Kier alpha value is -5.26. The summed E-state index contributed by atoms with van der Waals surface area (Å²) in [4.78, 5) is 28.0. The van der Waals surface area contributed by atoms with Gasteiger partial charge in [-0.25, -0.2) is 13.9 Å². The first-order valence-corrected chi connectivity index (χ1v) is 15.3. The van der Waals surface area contributed by atoms with E-state index in [-0.39, 0.29) is 31.4 Å². The van der Waals surface area contributed by atoms with Crippen LogP contribution in [0.25, 0.3) is 11.1 Å². The van der Waals surface area contributed by atoms with Crippen LogP contribution in [0.1, 0.15) is 23.7 Å². The molecular formula is C36H36ClFN6O4. The summed E-state index contributed by atoms with van der Waals surface area (Å²) in [6.45, 7) is 3.67. The highest BCUT2D eigenvalue weighted by Crippen LogP contribution is 2.30. The summed E-state index contributed by atoms with van der Waals surface area (Å²) in [5.74, 6) is 0.201. The molecule has 12 heteroatoms. The summed E-state index contributed by atoms with van der Waals surface area (Å²) in [5.41, 5.74) is 5.37. The molecule has 1 aromatic heterocycles. The average Bonchev–Trinajstić information content (AvgIpc) is 3.69. The minimum Gasteiger partial charge on any atom is -0.497 e. The molecule has 1 atom stereocenters. The Labute approximate surface area is 284 Å². The van der Waals surface area contributed by atoms with Gasteiger partial charge >= 0.3 is 6.09 Å². The number of nitrogens with zero attached hydrogens (tertiary/aromatic N) is 5. The molecule has 0 saturated carbocycles. The molecule has 0 spiro atoms. The molecule has 5 aromatic rings. The van der Waals surface area contributed by atoms with E-state index in [9.17, 15) is 9.59 Å². The van der Waals surface area contributed by atoms with E-state index in [1.807, 2.05) is 83.5 Å². The maximum absolute atomic E-state index is 15.4. The Morgan fingerprint density at radius 1 is 1.00 bits per heavy atom. The lowest BCUT2D eigenvalue weighted by Gasteiger charge is -2.23. The van der Waals surface area contributed by atoms with Gasteiger partial charge in [-0.15, -0.1) is 17.5 Å². The molecule has 0 bridgehead atoms. The number of amides is 2. The molecule has 48 heavy (non-hydrogen) atoms. The van der Waals surface area contributed by atoms with Crippen LogP contribution < -0.4 is 19.9 Å². The van der Waals surface area contributed by atoms with Crippen LogP contribution in [0.2, 0.25) is 0 Å². The average molecular weight is 671 g/mol.